The van der Waals surface area contributed by atoms with Crippen molar-refractivity contribution in [1.82, 2.24) is 0 Å². The van der Waals surface area contributed by atoms with Crippen LogP contribution in [0, 0.1) is 0 Å². The number of aryl methyl sites for hydroxylation is 1. The van der Waals surface area contributed by atoms with Gasteiger partial charge in [-0.05, 0) is 48.4 Å². The molecule has 0 bridgehead atoms. The van der Waals surface area contributed by atoms with Crippen LogP contribution in [0.25, 0.3) is 0 Å². The molecule has 0 saturated heterocycles. The van der Waals surface area contributed by atoms with Crippen molar-refractivity contribution in [3.63, 3.8) is 0 Å². The Morgan fingerprint density at radius 2 is 1.65 bits per heavy atom. The second-order valence-electron chi connectivity index (χ2n) is 4.88. The van der Waals surface area contributed by atoms with Gasteiger partial charge in [0.1, 0.15) is 6.54 Å². The molecular formula is C16H16BrNO4S. The molecule has 1 N–H and O–H groups in total. The molecule has 0 spiro atoms. The van der Waals surface area contributed by atoms with E-state index in [1.165, 1.54) is 12.1 Å². The number of aliphatic carboxylic acids is 1. The van der Waals surface area contributed by atoms with Crippen molar-refractivity contribution in [3.8, 4) is 0 Å². The van der Waals surface area contributed by atoms with Gasteiger partial charge in [-0.2, -0.15) is 0 Å². The molecule has 122 valence electrons. The van der Waals surface area contributed by atoms with Gasteiger partial charge in [-0.15, -0.1) is 0 Å². The highest BCUT2D eigenvalue weighted by Gasteiger charge is 2.26. The number of hydrogen-bond donors (Lipinski definition) is 1. The number of hydrogen-bond acceptors (Lipinski definition) is 3. The van der Waals surface area contributed by atoms with E-state index in [0.717, 1.165) is 20.8 Å². The zero-order valence-electron chi connectivity index (χ0n) is 12.4. The van der Waals surface area contributed by atoms with Crippen molar-refractivity contribution >= 4 is 37.6 Å². The number of nitrogens with zero attached hydrogens (tertiary/aromatic N) is 1. The average Bonchev–Trinajstić information content (AvgIpc) is 2.53. The number of halogens is 1. The molecule has 0 aromatic heterocycles. The van der Waals surface area contributed by atoms with E-state index in [1.807, 2.05) is 6.92 Å². The number of carboxylic acids is 1. The Kier molecular flexibility index (Phi) is 5.43. The smallest absolute Gasteiger partial charge is 0.324 e. The molecule has 5 nitrogen and oxygen atoms in total. The lowest BCUT2D eigenvalue weighted by Crippen LogP contribution is -2.35. The largest absolute Gasteiger partial charge is 0.480 e. The van der Waals surface area contributed by atoms with E-state index in [1.54, 1.807) is 36.4 Å². The lowest BCUT2D eigenvalue weighted by atomic mass is 10.1. The third kappa shape index (κ3) is 4.11. The molecule has 0 aliphatic rings. The topological polar surface area (TPSA) is 74.7 Å². The number of sulfonamides is 1. The van der Waals surface area contributed by atoms with Crippen molar-refractivity contribution in [2.75, 3.05) is 10.8 Å². The summed E-state index contributed by atoms with van der Waals surface area (Å²) in [7, 11) is -3.95. The zero-order chi connectivity index (χ0) is 17.0. The van der Waals surface area contributed by atoms with Gasteiger partial charge < -0.3 is 5.11 Å². The predicted molar refractivity (Wildman–Crippen MR) is 92.1 cm³/mol. The van der Waals surface area contributed by atoms with Crippen molar-refractivity contribution in [2.24, 2.45) is 0 Å². The molecule has 2 aromatic rings. The minimum absolute atomic E-state index is 0.0431. The third-order valence-electron chi connectivity index (χ3n) is 3.31. The average molecular weight is 398 g/mol. The van der Waals surface area contributed by atoms with Gasteiger partial charge >= 0.3 is 5.97 Å². The zero-order valence-corrected chi connectivity index (χ0v) is 14.8. The highest BCUT2D eigenvalue weighted by molar-refractivity contribution is 9.10. The Balaban J connectivity index is 2.48. The lowest BCUT2D eigenvalue weighted by Gasteiger charge is -2.23. The quantitative estimate of drug-likeness (QED) is 0.811. The van der Waals surface area contributed by atoms with Crippen molar-refractivity contribution in [3.05, 3.63) is 58.6 Å². The van der Waals surface area contributed by atoms with Gasteiger partial charge in [0.25, 0.3) is 10.0 Å². The highest BCUT2D eigenvalue weighted by Crippen LogP contribution is 2.25. The van der Waals surface area contributed by atoms with Crippen LogP contribution < -0.4 is 4.31 Å². The van der Waals surface area contributed by atoms with Crippen LogP contribution in [0.2, 0.25) is 0 Å². The summed E-state index contributed by atoms with van der Waals surface area (Å²) in [6.07, 6.45) is 0.818. The van der Waals surface area contributed by atoms with Crippen LogP contribution in [0.4, 0.5) is 5.69 Å². The minimum Gasteiger partial charge on any atom is -0.480 e. The molecule has 0 atom stereocenters. The number of anilines is 1. The molecule has 0 heterocycles. The summed E-state index contributed by atoms with van der Waals surface area (Å²) in [6.45, 7) is 1.35. The Morgan fingerprint density at radius 1 is 1.09 bits per heavy atom. The lowest BCUT2D eigenvalue weighted by molar-refractivity contribution is -0.135. The first-order valence-corrected chi connectivity index (χ1v) is 9.17. The molecule has 0 aliphatic heterocycles. The number of carboxylic acid groups (broad SMARTS) is 1. The van der Waals surface area contributed by atoms with Gasteiger partial charge in [0.2, 0.25) is 0 Å². The van der Waals surface area contributed by atoms with E-state index >= 15 is 0 Å². The fourth-order valence-electron chi connectivity index (χ4n) is 2.07. The summed E-state index contributed by atoms with van der Waals surface area (Å²) in [4.78, 5) is 11.2. The van der Waals surface area contributed by atoms with Gasteiger partial charge in [0.05, 0.1) is 10.6 Å². The third-order valence-corrected chi connectivity index (χ3v) is 5.63. The summed E-state index contributed by atoms with van der Waals surface area (Å²) in [5, 5.41) is 9.09. The number of benzene rings is 2. The Hall–Kier alpha value is -1.86. The highest BCUT2D eigenvalue weighted by atomic mass is 79.9. The normalized spacial score (nSPS) is 11.2. The van der Waals surface area contributed by atoms with Crippen LogP contribution in [-0.4, -0.2) is 26.0 Å². The molecule has 7 heteroatoms. The van der Waals surface area contributed by atoms with Crippen LogP contribution in [0.3, 0.4) is 0 Å². The van der Waals surface area contributed by atoms with Crippen molar-refractivity contribution < 1.29 is 18.3 Å². The van der Waals surface area contributed by atoms with E-state index in [-0.39, 0.29) is 4.90 Å². The molecule has 0 radical (unpaired) electrons. The van der Waals surface area contributed by atoms with Crippen LogP contribution in [0.15, 0.2) is 57.9 Å². The summed E-state index contributed by atoms with van der Waals surface area (Å²) >= 11 is 3.25. The molecule has 23 heavy (non-hydrogen) atoms. The van der Waals surface area contributed by atoms with E-state index in [9.17, 15) is 13.2 Å². The second kappa shape index (κ2) is 7.14. The fourth-order valence-corrected chi connectivity index (χ4v) is 3.75. The van der Waals surface area contributed by atoms with Crippen LogP contribution in [-0.2, 0) is 21.2 Å². The van der Waals surface area contributed by atoms with E-state index in [4.69, 9.17) is 5.11 Å². The molecule has 0 aliphatic carbocycles. The fraction of sp³-hybridized carbons (Fsp3) is 0.188. The van der Waals surface area contributed by atoms with E-state index in [0.29, 0.717) is 5.69 Å². The van der Waals surface area contributed by atoms with Gasteiger partial charge in [-0.3, -0.25) is 9.10 Å². The molecule has 2 aromatic carbocycles. The predicted octanol–water partition coefficient (Wildman–Crippen LogP) is 3.29. The number of rotatable bonds is 6. The molecule has 2 rings (SSSR count). The first-order valence-electron chi connectivity index (χ1n) is 6.93. The monoisotopic (exact) mass is 397 g/mol. The maximum Gasteiger partial charge on any atom is 0.324 e. The van der Waals surface area contributed by atoms with Gasteiger partial charge in [-0.25, -0.2) is 8.42 Å². The SMILES string of the molecule is CCc1ccc(N(CC(=O)O)S(=O)(=O)c2ccc(Br)cc2)cc1. The summed E-state index contributed by atoms with van der Waals surface area (Å²) in [5.74, 6) is -1.22. The van der Waals surface area contributed by atoms with Gasteiger partial charge in [-0.1, -0.05) is 35.0 Å². The molecular weight excluding hydrogens is 382 g/mol. The second-order valence-corrected chi connectivity index (χ2v) is 7.66. The van der Waals surface area contributed by atoms with Gasteiger partial charge in [0.15, 0.2) is 0 Å². The maximum absolute atomic E-state index is 12.8. The summed E-state index contributed by atoms with van der Waals surface area (Å²) < 4.78 is 27.2. The van der Waals surface area contributed by atoms with Crippen LogP contribution in [0.5, 0.6) is 0 Å². The van der Waals surface area contributed by atoms with Gasteiger partial charge in [0, 0.05) is 4.47 Å². The molecule has 0 unspecified atom stereocenters. The molecule has 0 fully saturated rings. The maximum atomic E-state index is 12.8. The van der Waals surface area contributed by atoms with Crippen LogP contribution in [0.1, 0.15) is 12.5 Å². The first kappa shape index (κ1) is 17.5. The van der Waals surface area contributed by atoms with Crippen molar-refractivity contribution in [1.29, 1.82) is 0 Å². The Labute approximate surface area is 143 Å². The number of carbonyl (C=O) groups is 1. The Bertz CT molecular complexity index is 786. The Morgan fingerprint density at radius 3 is 2.13 bits per heavy atom. The molecule has 0 saturated carbocycles. The summed E-state index contributed by atoms with van der Waals surface area (Å²) in [6, 6.07) is 12.9. The summed E-state index contributed by atoms with van der Waals surface area (Å²) in [5.41, 5.74) is 1.37. The minimum atomic E-state index is -3.95. The van der Waals surface area contributed by atoms with Crippen molar-refractivity contribution in [2.45, 2.75) is 18.2 Å². The van der Waals surface area contributed by atoms with E-state index in [2.05, 4.69) is 15.9 Å². The van der Waals surface area contributed by atoms with E-state index < -0.39 is 22.5 Å². The van der Waals surface area contributed by atoms with Crippen LogP contribution >= 0.6 is 15.9 Å². The molecule has 0 amide bonds. The first-order chi connectivity index (χ1) is 10.8. The standard InChI is InChI=1S/C16H16BrNO4S/c1-2-12-3-7-14(8-4-12)18(11-16(19)20)23(21,22)15-9-5-13(17)6-10-15/h3-10H,2,11H2,1H3,(H,19,20).